The van der Waals surface area contributed by atoms with Gasteiger partial charge in [0.15, 0.2) is 0 Å². The number of carbonyl (C=O) groups excluding carboxylic acids is 1. The molecule has 1 heterocycles. The second kappa shape index (κ2) is 7.54. The second-order valence-corrected chi connectivity index (χ2v) is 7.30. The predicted octanol–water partition coefficient (Wildman–Crippen LogP) is 2.96. The van der Waals surface area contributed by atoms with Crippen LogP contribution in [0.4, 0.5) is 0 Å². The van der Waals surface area contributed by atoms with E-state index in [1.807, 2.05) is 19.1 Å². The van der Waals surface area contributed by atoms with Crippen molar-refractivity contribution in [1.29, 1.82) is 0 Å². The van der Waals surface area contributed by atoms with Gasteiger partial charge in [-0.15, -0.1) is 0 Å². The van der Waals surface area contributed by atoms with Crippen molar-refractivity contribution in [1.82, 2.24) is 15.5 Å². The Bertz CT molecular complexity index is 727. The normalized spacial score (nSPS) is 23.4. The molecule has 3 N–H and O–H groups in total. The highest BCUT2D eigenvalue weighted by molar-refractivity contribution is 6.30. The summed E-state index contributed by atoms with van der Waals surface area (Å²) in [6.45, 7) is 2.42. The van der Waals surface area contributed by atoms with E-state index in [0.29, 0.717) is 29.7 Å². The fraction of sp³-hybridized carbons (Fsp3) is 0.500. The first kappa shape index (κ1) is 17.9. The summed E-state index contributed by atoms with van der Waals surface area (Å²) in [7, 11) is 0. The summed E-state index contributed by atoms with van der Waals surface area (Å²) in [4.78, 5) is 16.7. The molecule has 0 radical (unpaired) electrons. The van der Waals surface area contributed by atoms with E-state index in [4.69, 9.17) is 21.9 Å². The number of carbonyl (C=O) groups is 1. The Labute approximate surface area is 152 Å². The SMILES string of the molecule is CC1(N)CCCCC1C(=O)NCCc1nc(-c2ccc(Cl)cc2)no1. The highest BCUT2D eigenvalue weighted by Gasteiger charge is 2.37. The van der Waals surface area contributed by atoms with Crippen LogP contribution in [0.3, 0.4) is 0 Å². The zero-order chi connectivity index (χ0) is 17.9. The Morgan fingerprint density at radius 1 is 1.40 bits per heavy atom. The molecule has 1 fully saturated rings. The maximum absolute atomic E-state index is 12.4. The molecule has 1 aromatic carbocycles. The van der Waals surface area contributed by atoms with E-state index in [0.717, 1.165) is 31.2 Å². The lowest BCUT2D eigenvalue weighted by Gasteiger charge is -2.37. The Balaban J connectivity index is 1.52. The molecule has 2 unspecified atom stereocenters. The zero-order valence-electron chi connectivity index (χ0n) is 14.3. The molecule has 0 bridgehead atoms. The van der Waals surface area contributed by atoms with E-state index in [1.165, 1.54) is 0 Å². The number of hydrogen-bond acceptors (Lipinski definition) is 5. The first-order chi connectivity index (χ1) is 12.0. The van der Waals surface area contributed by atoms with Crippen LogP contribution in [-0.2, 0) is 11.2 Å². The van der Waals surface area contributed by atoms with Gasteiger partial charge in [-0.1, -0.05) is 29.6 Å². The first-order valence-corrected chi connectivity index (χ1v) is 8.98. The largest absolute Gasteiger partial charge is 0.355 e. The molecule has 2 aromatic rings. The summed E-state index contributed by atoms with van der Waals surface area (Å²) >= 11 is 5.87. The third-order valence-electron chi connectivity index (χ3n) is 4.78. The molecule has 1 aromatic heterocycles. The molecule has 0 aliphatic heterocycles. The Hall–Kier alpha value is -1.92. The molecule has 3 rings (SSSR count). The highest BCUT2D eigenvalue weighted by Crippen LogP contribution is 2.31. The lowest BCUT2D eigenvalue weighted by atomic mass is 9.74. The number of nitrogens with zero attached hydrogens (tertiary/aromatic N) is 2. The maximum atomic E-state index is 12.4. The monoisotopic (exact) mass is 362 g/mol. The molecule has 0 spiro atoms. The Morgan fingerprint density at radius 3 is 2.88 bits per heavy atom. The van der Waals surface area contributed by atoms with Crippen molar-refractivity contribution in [2.45, 2.75) is 44.6 Å². The van der Waals surface area contributed by atoms with E-state index in [2.05, 4.69) is 15.5 Å². The number of nitrogens with two attached hydrogens (primary N) is 1. The molecular formula is C18H23ClN4O2. The fourth-order valence-corrected chi connectivity index (χ4v) is 3.40. The Kier molecular flexibility index (Phi) is 5.39. The summed E-state index contributed by atoms with van der Waals surface area (Å²) in [5.74, 6) is 0.889. The molecule has 1 aliphatic carbocycles. The van der Waals surface area contributed by atoms with Gasteiger partial charge in [0.05, 0.1) is 5.92 Å². The van der Waals surface area contributed by atoms with Gasteiger partial charge < -0.3 is 15.6 Å². The summed E-state index contributed by atoms with van der Waals surface area (Å²) in [6, 6.07) is 7.23. The van der Waals surface area contributed by atoms with E-state index in [-0.39, 0.29) is 11.8 Å². The molecule has 2 atom stereocenters. The van der Waals surface area contributed by atoms with Crippen LogP contribution in [0.5, 0.6) is 0 Å². The van der Waals surface area contributed by atoms with E-state index in [9.17, 15) is 4.79 Å². The molecule has 134 valence electrons. The summed E-state index contributed by atoms with van der Waals surface area (Å²) in [6.07, 6.45) is 4.37. The van der Waals surface area contributed by atoms with Gasteiger partial charge in [-0.2, -0.15) is 4.98 Å². The first-order valence-electron chi connectivity index (χ1n) is 8.61. The maximum Gasteiger partial charge on any atom is 0.228 e. The topological polar surface area (TPSA) is 94.0 Å². The number of rotatable bonds is 5. The second-order valence-electron chi connectivity index (χ2n) is 6.86. The molecule has 1 amide bonds. The Morgan fingerprint density at radius 2 is 2.16 bits per heavy atom. The van der Waals surface area contributed by atoms with Crippen molar-refractivity contribution in [2.24, 2.45) is 11.7 Å². The third kappa shape index (κ3) is 4.38. The van der Waals surface area contributed by atoms with Crippen LogP contribution in [0.25, 0.3) is 11.4 Å². The molecule has 0 saturated heterocycles. The standard InChI is InChI=1S/C18H23ClN4O2/c1-18(20)10-3-2-4-14(18)17(24)21-11-9-15-22-16(23-25-15)12-5-7-13(19)8-6-12/h5-8,14H,2-4,9-11,20H2,1H3,(H,21,24). The van der Waals surface area contributed by atoms with E-state index in [1.54, 1.807) is 12.1 Å². The van der Waals surface area contributed by atoms with Crippen LogP contribution in [-0.4, -0.2) is 28.1 Å². The van der Waals surface area contributed by atoms with E-state index < -0.39 is 5.54 Å². The van der Waals surface area contributed by atoms with Gasteiger partial charge in [0.2, 0.25) is 17.6 Å². The van der Waals surface area contributed by atoms with Gasteiger partial charge in [0.1, 0.15) is 0 Å². The smallest absolute Gasteiger partial charge is 0.228 e. The van der Waals surface area contributed by atoms with Crippen molar-refractivity contribution in [3.8, 4) is 11.4 Å². The van der Waals surface area contributed by atoms with Gasteiger partial charge in [-0.05, 0) is 44.0 Å². The summed E-state index contributed by atoms with van der Waals surface area (Å²) in [5.41, 5.74) is 6.69. The van der Waals surface area contributed by atoms with Gasteiger partial charge in [-0.3, -0.25) is 4.79 Å². The summed E-state index contributed by atoms with van der Waals surface area (Å²) in [5, 5.41) is 7.57. The van der Waals surface area contributed by atoms with Gasteiger partial charge in [0.25, 0.3) is 0 Å². The lowest BCUT2D eigenvalue weighted by molar-refractivity contribution is -0.128. The van der Waals surface area contributed by atoms with Gasteiger partial charge >= 0.3 is 0 Å². The van der Waals surface area contributed by atoms with Crippen molar-refractivity contribution >= 4 is 17.5 Å². The average molecular weight is 363 g/mol. The molecule has 6 nitrogen and oxygen atoms in total. The molecule has 1 saturated carbocycles. The average Bonchev–Trinajstić information content (AvgIpc) is 3.04. The van der Waals surface area contributed by atoms with Crippen molar-refractivity contribution in [2.75, 3.05) is 6.54 Å². The number of hydrogen-bond donors (Lipinski definition) is 2. The van der Waals surface area contributed by atoms with Crippen LogP contribution in [0.1, 0.15) is 38.5 Å². The van der Waals surface area contributed by atoms with Crippen LogP contribution < -0.4 is 11.1 Å². The number of benzene rings is 1. The van der Waals surface area contributed by atoms with Crippen LogP contribution in [0.15, 0.2) is 28.8 Å². The number of nitrogens with one attached hydrogen (secondary N) is 1. The number of amides is 1. The third-order valence-corrected chi connectivity index (χ3v) is 5.03. The van der Waals surface area contributed by atoms with Crippen LogP contribution in [0, 0.1) is 5.92 Å². The van der Waals surface area contributed by atoms with E-state index >= 15 is 0 Å². The van der Waals surface area contributed by atoms with Gasteiger partial charge in [0, 0.05) is 29.1 Å². The lowest BCUT2D eigenvalue weighted by Crippen LogP contribution is -2.53. The van der Waals surface area contributed by atoms with Crippen molar-refractivity contribution in [3.63, 3.8) is 0 Å². The molecule has 25 heavy (non-hydrogen) atoms. The van der Waals surface area contributed by atoms with Crippen molar-refractivity contribution in [3.05, 3.63) is 35.2 Å². The highest BCUT2D eigenvalue weighted by atomic mass is 35.5. The molecule has 7 heteroatoms. The minimum atomic E-state index is -0.422. The predicted molar refractivity (Wildman–Crippen MR) is 96.0 cm³/mol. The zero-order valence-corrected chi connectivity index (χ0v) is 15.1. The van der Waals surface area contributed by atoms with Crippen molar-refractivity contribution < 1.29 is 9.32 Å². The van der Waals surface area contributed by atoms with Gasteiger partial charge in [-0.25, -0.2) is 0 Å². The number of halogens is 1. The minimum Gasteiger partial charge on any atom is -0.355 e. The number of aromatic nitrogens is 2. The fourth-order valence-electron chi connectivity index (χ4n) is 3.28. The minimum absolute atomic E-state index is 0.0159. The van der Waals surface area contributed by atoms with Crippen LogP contribution in [0.2, 0.25) is 5.02 Å². The quantitative estimate of drug-likeness (QED) is 0.852. The molecule has 1 aliphatic rings. The van der Waals surface area contributed by atoms with Crippen LogP contribution >= 0.6 is 11.6 Å². The summed E-state index contributed by atoms with van der Waals surface area (Å²) < 4.78 is 5.25. The molecular weight excluding hydrogens is 340 g/mol.